The summed E-state index contributed by atoms with van der Waals surface area (Å²) < 4.78 is 0. The SMILES string of the molecule is CCN(CC)c1ccc(Nc2cnnc(N(CC)c3cccc(C)c3)n2)c(C)c1. The lowest BCUT2D eigenvalue weighted by molar-refractivity contribution is 0.865. The molecule has 2 aromatic carbocycles. The molecule has 1 N–H and O–H groups in total. The second kappa shape index (κ2) is 9.37. The Morgan fingerprint density at radius 3 is 2.34 bits per heavy atom. The number of nitrogens with one attached hydrogen (secondary N) is 1. The zero-order valence-corrected chi connectivity index (χ0v) is 18.0. The van der Waals surface area contributed by atoms with Crippen molar-refractivity contribution in [1.82, 2.24) is 15.2 Å². The van der Waals surface area contributed by atoms with Gasteiger partial charge in [0.1, 0.15) is 0 Å². The molecule has 0 unspecified atom stereocenters. The number of aryl methyl sites for hydroxylation is 2. The quantitative estimate of drug-likeness (QED) is 0.568. The van der Waals surface area contributed by atoms with E-state index < -0.39 is 0 Å². The maximum absolute atomic E-state index is 4.71. The molecule has 6 heteroatoms. The van der Waals surface area contributed by atoms with Crippen LogP contribution in [0.15, 0.2) is 48.7 Å². The van der Waals surface area contributed by atoms with Gasteiger partial charge in [0.25, 0.3) is 5.95 Å². The van der Waals surface area contributed by atoms with Crippen LogP contribution in [0.3, 0.4) is 0 Å². The fraction of sp³-hybridized carbons (Fsp3) is 0.348. The average molecular weight is 391 g/mol. The van der Waals surface area contributed by atoms with Crippen molar-refractivity contribution in [1.29, 1.82) is 0 Å². The lowest BCUT2D eigenvalue weighted by atomic mass is 10.1. The number of benzene rings is 2. The Bertz CT molecular complexity index is 952. The van der Waals surface area contributed by atoms with Crippen molar-refractivity contribution in [3.63, 3.8) is 0 Å². The van der Waals surface area contributed by atoms with Gasteiger partial charge in [-0.3, -0.25) is 0 Å². The Balaban J connectivity index is 1.84. The minimum absolute atomic E-state index is 0.584. The third-order valence-electron chi connectivity index (χ3n) is 5.02. The highest BCUT2D eigenvalue weighted by atomic mass is 15.3. The Morgan fingerprint density at radius 1 is 0.897 bits per heavy atom. The topological polar surface area (TPSA) is 57.2 Å². The van der Waals surface area contributed by atoms with Gasteiger partial charge in [-0.2, -0.15) is 10.1 Å². The van der Waals surface area contributed by atoms with Crippen LogP contribution in [0, 0.1) is 13.8 Å². The van der Waals surface area contributed by atoms with E-state index in [1.165, 1.54) is 16.8 Å². The van der Waals surface area contributed by atoms with Crippen molar-refractivity contribution in [2.75, 3.05) is 34.8 Å². The average Bonchev–Trinajstić information content (AvgIpc) is 2.72. The van der Waals surface area contributed by atoms with Crippen molar-refractivity contribution in [2.24, 2.45) is 0 Å². The van der Waals surface area contributed by atoms with Gasteiger partial charge in [-0.05, 0) is 76.1 Å². The van der Waals surface area contributed by atoms with Crippen LogP contribution in [0.25, 0.3) is 0 Å². The van der Waals surface area contributed by atoms with Crippen LogP contribution >= 0.6 is 0 Å². The van der Waals surface area contributed by atoms with Crippen LogP contribution in [-0.2, 0) is 0 Å². The van der Waals surface area contributed by atoms with Crippen LogP contribution in [0.4, 0.5) is 28.8 Å². The molecule has 152 valence electrons. The predicted molar refractivity (Wildman–Crippen MR) is 122 cm³/mol. The van der Waals surface area contributed by atoms with Crippen LogP contribution in [0.2, 0.25) is 0 Å². The van der Waals surface area contributed by atoms with E-state index in [0.29, 0.717) is 11.8 Å². The Hall–Kier alpha value is -3.15. The van der Waals surface area contributed by atoms with E-state index in [1.807, 2.05) is 6.07 Å². The van der Waals surface area contributed by atoms with E-state index >= 15 is 0 Å². The molecular weight excluding hydrogens is 360 g/mol. The van der Waals surface area contributed by atoms with Gasteiger partial charge < -0.3 is 15.1 Å². The van der Waals surface area contributed by atoms with Crippen LogP contribution in [-0.4, -0.2) is 34.8 Å². The zero-order valence-electron chi connectivity index (χ0n) is 18.0. The fourth-order valence-corrected chi connectivity index (χ4v) is 3.42. The van der Waals surface area contributed by atoms with Gasteiger partial charge in [-0.1, -0.05) is 12.1 Å². The predicted octanol–water partition coefficient (Wildman–Crippen LogP) is 5.24. The first kappa shape index (κ1) is 20.6. The fourth-order valence-electron chi connectivity index (χ4n) is 3.42. The number of anilines is 5. The summed E-state index contributed by atoms with van der Waals surface area (Å²) in [7, 11) is 0. The standard InChI is InChI=1S/C23H30N6/c1-6-28(7-2)19-12-13-21(18(5)15-19)25-22-16-24-27-23(26-22)29(8-3)20-11-9-10-17(4)14-20/h9-16H,6-8H2,1-5H3,(H,25,26,27). The van der Waals surface area contributed by atoms with E-state index in [2.05, 4.69) is 96.3 Å². The van der Waals surface area contributed by atoms with E-state index in [9.17, 15) is 0 Å². The highest BCUT2D eigenvalue weighted by molar-refractivity contribution is 5.66. The molecule has 6 nitrogen and oxygen atoms in total. The number of rotatable bonds is 8. The van der Waals surface area contributed by atoms with Gasteiger partial charge in [0, 0.05) is 36.7 Å². The Kier molecular flexibility index (Phi) is 6.65. The van der Waals surface area contributed by atoms with Gasteiger partial charge in [0.05, 0.1) is 6.20 Å². The van der Waals surface area contributed by atoms with Gasteiger partial charge in [0.15, 0.2) is 5.82 Å². The molecule has 0 bridgehead atoms. The zero-order chi connectivity index (χ0) is 20.8. The van der Waals surface area contributed by atoms with Crippen LogP contribution in [0.1, 0.15) is 31.9 Å². The smallest absolute Gasteiger partial charge is 0.251 e. The summed E-state index contributed by atoms with van der Waals surface area (Å²) in [4.78, 5) is 9.10. The number of hydrogen-bond donors (Lipinski definition) is 1. The van der Waals surface area contributed by atoms with Crippen molar-refractivity contribution in [3.05, 3.63) is 59.8 Å². The molecule has 3 aromatic rings. The van der Waals surface area contributed by atoms with Gasteiger partial charge in [-0.15, -0.1) is 5.10 Å². The first-order valence-corrected chi connectivity index (χ1v) is 10.2. The number of aromatic nitrogens is 3. The molecule has 0 saturated heterocycles. The third-order valence-corrected chi connectivity index (χ3v) is 5.02. The van der Waals surface area contributed by atoms with Crippen LogP contribution < -0.4 is 15.1 Å². The van der Waals surface area contributed by atoms with Crippen molar-refractivity contribution < 1.29 is 0 Å². The second-order valence-electron chi connectivity index (χ2n) is 7.02. The summed E-state index contributed by atoms with van der Waals surface area (Å²) in [5.41, 5.74) is 5.68. The third kappa shape index (κ3) is 4.83. The molecule has 0 aliphatic heterocycles. The molecule has 3 rings (SSSR count). The Morgan fingerprint density at radius 2 is 1.69 bits per heavy atom. The van der Waals surface area contributed by atoms with Crippen LogP contribution in [0.5, 0.6) is 0 Å². The number of nitrogens with zero attached hydrogens (tertiary/aromatic N) is 5. The molecule has 0 atom stereocenters. The maximum Gasteiger partial charge on any atom is 0.251 e. The first-order valence-electron chi connectivity index (χ1n) is 10.2. The summed E-state index contributed by atoms with van der Waals surface area (Å²) in [6.45, 7) is 13.4. The highest BCUT2D eigenvalue weighted by Gasteiger charge is 2.13. The molecule has 0 radical (unpaired) electrons. The second-order valence-corrected chi connectivity index (χ2v) is 7.02. The monoisotopic (exact) mass is 390 g/mol. The summed E-state index contributed by atoms with van der Waals surface area (Å²) >= 11 is 0. The van der Waals surface area contributed by atoms with E-state index in [1.54, 1.807) is 6.20 Å². The summed E-state index contributed by atoms with van der Waals surface area (Å²) in [6, 6.07) is 14.8. The van der Waals surface area contributed by atoms with Gasteiger partial charge in [-0.25, -0.2) is 0 Å². The molecule has 1 heterocycles. The first-order chi connectivity index (χ1) is 14.0. The highest BCUT2D eigenvalue weighted by Crippen LogP contribution is 2.27. The molecule has 29 heavy (non-hydrogen) atoms. The van der Waals surface area contributed by atoms with E-state index in [4.69, 9.17) is 4.98 Å². The summed E-state index contributed by atoms with van der Waals surface area (Å²) in [6.07, 6.45) is 1.66. The molecule has 1 aromatic heterocycles. The van der Waals surface area contributed by atoms with E-state index in [0.717, 1.165) is 31.0 Å². The minimum atomic E-state index is 0.584. The van der Waals surface area contributed by atoms with Gasteiger partial charge in [0.2, 0.25) is 0 Å². The summed E-state index contributed by atoms with van der Waals surface area (Å²) in [5, 5.41) is 11.8. The molecule has 0 spiro atoms. The lowest BCUT2D eigenvalue weighted by Crippen LogP contribution is -2.21. The molecule has 0 fully saturated rings. The maximum atomic E-state index is 4.71. The normalized spacial score (nSPS) is 10.7. The number of hydrogen-bond acceptors (Lipinski definition) is 6. The largest absolute Gasteiger partial charge is 0.372 e. The van der Waals surface area contributed by atoms with Gasteiger partial charge >= 0.3 is 0 Å². The molecule has 0 amide bonds. The summed E-state index contributed by atoms with van der Waals surface area (Å²) in [5.74, 6) is 1.26. The molecule has 0 saturated carbocycles. The van der Waals surface area contributed by atoms with E-state index in [-0.39, 0.29) is 0 Å². The Labute approximate surface area is 173 Å². The van der Waals surface area contributed by atoms with Crippen molar-refractivity contribution in [3.8, 4) is 0 Å². The minimum Gasteiger partial charge on any atom is -0.372 e. The lowest BCUT2D eigenvalue weighted by Gasteiger charge is -2.23. The van der Waals surface area contributed by atoms with Crippen molar-refractivity contribution >= 4 is 28.8 Å². The van der Waals surface area contributed by atoms with Crippen molar-refractivity contribution in [2.45, 2.75) is 34.6 Å². The molecular formula is C23H30N6. The molecule has 0 aliphatic carbocycles. The molecule has 0 aliphatic rings.